The number of terminal acetylenes is 1. The molecule has 2 aromatic carbocycles. The van der Waals surface area contributed by atoms with Crippen LogP contribution >= 0.6 is 0 Å². The molecule has 3 aliphatic heterocycles. The van der Waals surface area contributed by atoms with Crippen LogP contribution in [-0.4, -0.2) is 63.0 Å². The van der Waals surface area contributed by atoms with Crippen LogP contribution in [0.25, 0.3) is 32.9 Å². The van der Waals surface area contributed by atoms with Crippen LogP contribution in [0.3, 0.4) is 0 Å². The number of rotatable bonds is 2. The molecule has 4 aliphatic rings. The summed E-state index contributed by atoms with van der Waals surface area (Å²) in [4.78, 5) is 16.2. The first-order valence-electron chi connectivity index (χ1n) is 15.0. The van der Waals surface area contributed by atoms with E-state index in [4.69, 9.17) is 12.2 Å². The molecule has 2 aromatic heterocycles. The number of benzene rings is 2. The number of hydrogen-bond donors (Lipinski definition) is 2. The molecular weight excluding hydrogens is 829 g/mol. The molecule has 8 rings (SSSR count). The zero-order valence-corrected chi connectivity index (χ0v) is 28.9. The average Bonchev–Trinajstić information content (AvgIpc) is 3.31. The van der Waals surface area contributed by atoms with Crippen LogP contribution in [0.1, 0.15) is 44.1 Å². The van der Waals surface area contributed by atoms with E-state index in [0.717, 1.165) is 44.7 Å². The fraction of sp³-hybridized carbons (Fsp3) is 0.394. The smallest absolute Gasteiger partial charge is 0.316 e. The van der Waals surface area contributed by atoms with E-state index < -0.39 is 47.4 Å². The minimum Gasteiger partial charge on any atom is -0.479 e. The van der Waals surface area contributed by atoms with E-state index in [1.165, 1.54) is 30.8 Å². The molecule has 0 unspecified atom stereocenters. The number of anilines is 2. The largest absolute Gasteiger partial charge is 0.479 e. The first-order valence-corrected chi connectivity index (χ1v) is 15.0. The summed E-state index contributed by atoms with van der Waals surface area (Å²) in [6, 6.07) is 3.96. The molecule has 0 radical (unpaired) electrons. The van der Waals surface area contributed by atoms with E-state index in [1.54, 1.807) is 4.90 Å². The van der Waals surface area contributed by atoms with Crippen molar-refractivity contribution >= 4 is 33.2 Å². The number of nitrogens with two attached hydrogens (primary N) is 1. The minimum atomic E-state index is -1.25. The molecule has 4 fully saturated rings. The van der Waals surface area contributed by atoms with Gasteiger partial charge in [0.2, 0.25) is 0 Å². The minimum absolute atomic E-state index is 0. The Hall–Kier alpha value is -3.19. The molecule has 7 nitrogen and oxygen atoms in total. The summed E-state index contributed by atoms with van der Waals surface area (Å²) in [5.41, 5.74) is 5.24. The summed E-state index contributed by atoms with van der Waals surface area (Å²) < 4.78 is 71.7. The predicted molar refractivity (Wildman–Crippen MR) is 161 cm³/mol. The van der Waals surface area contributed by atoms with Gasteiger partial charge in [-0.05, 0) is 49.5 Å². The number of halogens is 5. The maximum atomic E-state index is 16.0. The van der Waals surface area contributed by atoms with Gasteiger partial charge in [0, 0.05) is 66.4 Å². The van der Waals surface area contributed by atoms with Crippen molar-refractivity contribution in [1.82, 2.24) is 19.9 Å². The van der Waals surface area contributed by atoms with Crippen molar-refractivity contribution < 1.29 is 58.2 Å². The second kappa shape index (κ2) is 12.8. The standard InChI is InChI=1S/C26H19F4N5O.C7H11FN.U/c1-2-13-18-11(8-17(27)19(13)28)7-12(31)9-15(18)22-21(30)23-16(10-32-22)25(34-26(36)33-23)35-6-4-3-5-14-20(29)24(14)35;8-6-4-7-2-1-3-9(7)5-6;/h1,7-10,14,20,24H,3-6,31H2,(H,33,34,36);6H,1-5H2;/q;-1;/t14-,20-,24-;6-;/m11./s1. The SMILES string of the molecule is C#Cc1c(F)c(F)cc2cc(N)cc(-c3ncc4c(N5CCCC[C@@H]6[C@@H](F)[C@@H]65)nc(O)nc4c3F)c12.F[C@@H]1C[C-]2CCCN2C1.[U]. The van der Waals surface area contributed by atoms with Crippen molar-refractivity contribution in [2.45, 2.75) is 56.9 Å². The number of nitrogen functional groups attached to an aromatic ring is 1. The number of pyridine rings is 1. The molecule has 5 heterocycles. The Morgan fingerprint density at radius 3 is 2.61 bits per heavy atom. The summed E-state index contributed by atoms with van der Waals surface area (Å²) in [5.74, 6) is -1.16. The number of aromatic hydroxyl groups is 1. The molecule has 1 aliphatic carbocycles. The number of aromatic nitrogens is 3. The number of fused-ring (bicyclic) bond motifs is 4. The van der Waals surface area contributed by atoms with Crippen molar-refractivity contribution in [1.29, 1.82) is 0 Å². The van der Waals surface area contributed by atoms with Gasteiger partial charge in [0.05, 0.1) is 23.2 Å². The molecule has 0 amide bonds. The van der Waals surface area contributed by atoms with E-state index in [-0.39, 0.29) is 81.5 Å². The van der Waals surface area contributed by atoms with Crippen molar-refractivity contribution in [3.63, 3.8) is 0 Å². The third-order valence-electron chi connectivity index (χ3n) is 9.27. The zero-order valence-electron chi connectivity index (χ0n) is 24.7. The average molecular weight is 860 g/mol. The Balaban J connectivity index is 0.000000318. The number of nitrogens with zero attached hydrogens (tertiary/aromatic N) is 5. The molecule has 3 saturated heterocycles. The van der Waals surface area contributed by atoms with Crippen LogP contribution in [0, 0.1) is 72.9 Å². The molecule has 3 N–H and O–H groups in total. The van der Waals surface area contributed by atoms with Crippen LogP contribution in [0.15, 0.2) is 24.4 Å². The Kier molecular flexibility index (Phi) is 9.10. The summed E-state index contributed by atoms with van der Waals surface area (Å²) in [6.45, 7) is 2.28. The normalized spacial score (nSPS) is 24.0. The summed E-state index contributed by atoms with van der Waals surface area (Å²) >= 11 is 0. The topological polar surface area (TPSA) is 91.4 Å². The number of alkyl halides is 2. The van der Waals surface area contributed by atoms with Crippen LogP contribution in [-0.2, 0) is 0 Å². The van der Waals surface area contributed by atoms with Crippen LogP contribution < -0.4 is 10.6 Å². The Morgan fingerprint density at radius 2 is 1.85 bits per heavy atom. The Labute approximate surface area is 286 Å². The quantitative estimate of drug-likeness (QED) is 0.107. The maximum absolute atomic E-state index is 16.0. The fourth-order valence-corrected chi connectivity index (χ4v) is 7.18. The van der Waals surface area contributed by atoms with E-state index in [9.17, 15) is 22.7 Å². The van der Waals surface area contributed by atoms with Crippen LogP contribution in [0.2, 0.25) is 0 Å². The second-order valence-corrected chi connectivity index (χ2v) is 12.1. The van der Waals surface area contributed by atoms with E-state index in [2.05, 4.69) is 25.8 Å². The summed E-state index contributed by atoms with van der Waals surface area (Å²) in [6.07, 6.45) is 10.8. The van der Waals surface area contributed by atoms with Gasteiger partial charge in [-0.25, -0.2) is 28.0 Å². The zero-order chi connectivity index (χ0) is 31.6. The van der Waals surface area contributed by atoms with E-state index in [0.29, 0.717) is 13.1 Å². The van der Waals surface area contributed by atoms with E-state index in [1.807, 2.05) is 0 Å². The monoisotopic (exact) mass is 859 g/mol. The molecule has 1 saturated carbocycles. The van der Waals surface area contributed by atoms with Crippen LogP contribution in [0.4, 0.5) is 33.5 Å². The molecule has 46 heavy (non-hydrogen) atoms. The van der Waals surface area contributed by atoms with Crippen LogP contribution in [0.5, 0.6) is 6.01 Å². The van der Waals surface area contributed by atoms with Gasteiger partial charge in [-0.1, -0.05) is 18.8 Å². The van der Waals surface area contributed by atoms with Gasteiger partial charge >= 0.3 is 6.01 Å². The number of hydrogen-bond acceptors (Lipinski definition) is 7. The van der Waals surface area contributed by atoms with Gasteiger partial charge in [0.1, 0.15) is 23.2 Å². The molecule has 13 heteroatoms. The molecule has 4 aromatic rings. The second-order valence-electron chi connectivity index (χ2n) is 12.1. The van der Waals surface area contributed by atoms with Gasteiger partial charge in [0.25, 0.3) is 0 Å². The Bertz CT molecular complexity index is 1860. The third kappa shape index (κ3) is 5.67. The van der Waals surface area contributed by atoms with Crippen molar-refractivity contribution in [2.75, 3.05) is 30.3 Å². The fourth-order valence-electron chi connectivity index (χ4n) is 7.18. The molecule has 238 valence electrons. The van der Waals surface area contributed by atoms with Crippen molar-refractivity contribution in [3.05, 3.63) is 53.5 Å². The van der Waals surface area contributed by atoms with Crippen molar-refractivity contribution in [2.24, 2.45) is 5.92 Å². The first-order chi connectivity index (χ1) is 21.7. The molecule has 4 atom stereocenters. The van der Waals surface area contributed by atoms with Gasteiger partial charge in [-0.15, -0.1) is 12.8 Å². The predicted octanol–water partition coefficient (Wildman–Crippen LogP) is 6.21. The first kappa shape index (κ1) is 32.7. The maximum Gasteiger partial charge on any atom is 0.316 e. The molecule has 0 bridgehead atoms. The summed E-state index contributed by atoms with van der Waals surface area (Å²) in [7, 11) is 0. The van der Waals surface area contributed by atoms with Gasteiger partial charge in [-0.3, -0.25) is 4.98 Å². The third-order valence-corrected chi connectivity index (χ3v) is 9.27. The van der Waals surface area contributed by atoms with Crippen molar-refractivity contribution in [3.8, 4) is 29.6 Å². The summed E-state index contributed by atoms with van der Waals surface area (Å²) in [5, 5.41) is 10.7. The van der Waals surface area contributed by atoms with Gasteiger partial charge in [-0.2, -0.15) is 16.4 Å². The molecular formula is C33H30F5N6OU-. The van der Waals surface area contributed by atoms with Gasteiger partial charge in [0.15, 0.2) is 17.5 Å². The Morgan fingerprint density at radius 1 is 1.04 bits per heavy atom. The van der Waals surface area contributed by atoms with E-state index >= 15 is 4.39 Å². The van der Waals surface area contributed by atoms with Gasteiger partial charge < -0.3 is 20.6 Å². The molecule has 0 spiro atoms.